The van der Waals surface area contributed by atoms with Crippen molar-refractivity contribution in [3.63, 3.8) is 0 Å². The Balaban J connectivity index is 1.95. The van der Waals surface area contributed by atoms with E-state index in [0.717, 1.165) is 11.1 Å². The zero-order valence-electron chi connectivity index (χ0n) is 15.4. The van der Waals surface area contributed by atoms with Gasteiger partial charge in [-0.15, -0.1) is 10.2 Å². The normalized spacial score (nSPS) is 17.2. The van der Waals surface area contributed by atoms with Crippen LogP contribution in [0.2, 0.25) is 10.0 Å². The van der Waals surface area contributed by atoms with Gasteiger partial charge in [-0.2, -0.15) is 4.68 Å². The van der Waals surface area contributed by atoms with Gasteiger partial charge >= 0.3 is 5.69 Å². The standard InChI is InChI=1S/C17H18Cl2N6O4/c1-3-7(2)9-6-12(22-23-15(9)26)29-13-10(18)4-8(5-11(13)19)25-17(28)21-16(27)14(20)24-25/h4-7,15,23,26H,3H2,1-2H3,(H2,20,24)(H,21,27,28)/t7-,15?/m1/s1. The van der Waals surface area contributed by atoms with Gasteiger partial charge in [0.05, 0.1) is 15.7 Å². The molecule has 0 saturated heterocycles. The summed E-state index contributed by atoms with van der Waals surface area (Å²) in [6, 6.07) is 2.75. The fourth-order valence-electron chi connectivity index (χ4n) is 2.61. The molecule has 0 fully saturated rings. The Morgan fingerprint density at radius 1 is 1.34 bits per heavy atom. The minimum absolute atomic E-state index is 0.0679. The van der Waals surface area contributed by atoms with E-state index in [-0.39, 0.29) is 39.1 Å². The highest BCUT2D eigenvalue weighted by Crippen LogP contribution is 2.35. The van der Waals surface area contributed by atoms with Gasteiger partial charge in [-0.25, -0.2) is 4.79 Å². The number of aliphatic hydroxyl groups excluding tert-OH is 1. The summed E-state index contributed by atoms with van der Waals surface area (Å²) in [7, 11) is 0. The van der Waals surface area contributed by atoms with Crippen LogP contribution in [0, 0.1) is 5.92 Å². The number of rotatable bonds is 4. The molecule has 0 radical (unpaired) electrons. The maximum absolute atomic E-state index is 12.0. The lowest BCUT2D eigenvalue weighted by Crippen LogP contribution is -2.35. The fourth-order valence-corrected chi connectivity index (χ4v) is 3.16. The number of ether oxygens (including phenoxy) is 1. The summed E-state index contributed by atoms with van der Waals surface area (Å²) >= 11 is 12.6. The number of benzene rings is 1. The number of H-pyrrole nitrogens is 1. The van der Waals surface area contributed by atoms with Crippen molar-refractivity contribution in [2.75, 3.05) is 5.73 Å². The van der Waals surface area contributed by atoms with E-state index >= 15 is 0 Å². The van der Waals surface area contributed by atoms with E-state index in [9.17, 15) is 14.7 Å². The lowest BCUT2D eigenvalue weighted by molar-refractivity contribution is 0.159. The van der Waals surface area contributed by atoms with Crippen molar-refractivity contribution in [3.05, 3.63) is 54.7 Å². The summed E-state index contributed by atoms with van der Waals surface area (Å²) in [6.07, 6.45) is 1.53. The number of aromatic nitrogens is 3. The number of hydrazone groups is 1. The quantitative estimate of drug-likeness (QED) is 0.561. The summed E-state index contributed by atoms with van der Waals surface area (Å²) in [4.78, 5) is 25.4. The van der Waals surface area contributed by atoms with E-state index in [0.29, 0.717) is 5.57 Å². The van der Waals surface area contributed by atoms with Crippen molar-refractivity contribution in [3.8, 4) is 11.4 Å². The zero-order valence-corrected chi connectivity index (χ0v) is 17.0. The second-order valence-electron chi connectivity index (χ2n) is 6.33. The smallest absolute Gasteiger partial charge is 0.349 e. The molecule has 1 aromatic heterocycles. The van der Waals surface area contributed by atoms with Gasteiger partial charge in [-0.05, 0) is 30.0 Å². The van der Waals surface area contributed by atoms with Gasteiger partial charge in [-0.1, -0.05) is 37.0 Å². The minimum atomic E-state index is -0.908. The molecule has 1 aliphatic heterocycles. The Labute approximate surface area is 174 Å². The monoisotopic (exact) mass is 440 g/mol. The molecule has 2 heterocycles. The molecule has 1 unspecified atom stereocenters. The largest absolute Gasteiger partial charge is 0.434 e. The highest BCUT2D eigenvalue weighted by molar-refractivity contribution is 6.37. The number of aliphatic hydroxyl groups is 1. The molecule has 1 aliphatic rings. The van der Waals surface area contributed by atoms with Gasteiger partial charge < -0.3 is 15.6 Å². The highest BCUT2D eigenvalue weighted by atomic mass is 35.5. The maximum atomic E-state index is 12.0. The van der Waals surface area contributed by atoms with Gasteiger partial charge in [0.15, 0.2) is 12.0 Å². The Morgan fingerprint density at radius 2 is 2.00 bits per heavy atom. The lowest BCUT2D eigenvalue weighted by Gasteiger charge is -2.24. The Morgan fingerprint density at radius 3 is 2.62 bits per heavy atom. The van der Waals surface area contributed by atoms with E-state index in [1.54, 1.807) is 6.08 Å². The third-order valence-electron chi connectivity index (χ3n) is 4.37. The van der Waals surface area contributed by atoms with Crippen LogP contribution in [-0.2, 0) is 0 Å². The molecule has 0 saturated carbocycles. The minimum Gasteiger partial charge on any atom is -0.434 e. The number of hydrogen-bond acceptors (Lipinski definition) is 8. The van der Waals surface area contributed by atoms with Crippen molar-refractivity contribution in [1.29, 1.82) is 0 Å². The third kappa shape index (κ3) is 4.29. The van der Waals surface area contributed by atoms with Crippen LogP contribution in [-0.4, -0.2) is 32.0 Å². The molecule has 0 aliphatic carbocycles. The molecular formula is C17H18Cl2N6O4. The number of nitrogen functional groups attached to an aromatic ring is 1. The van der Waals surface area contributed by atoms with Crippen molar-refractivity contribution in [2.24, 2.45) is 11.0 Å². The molecule has 0 bridgehead atoms. The van der Waals surface area contributed by atoms with E-state index < -0.39 is 17.5 Å². The van der Waals surface area contributed by atoms with E-state index in [4.69, 9.17) is 33.7 Å². The topological polar surface area (TPSA) is 148 Å². The van der Waals surface area contributed by atoms with Gasteiger partial charge in [0, 0.05) is 6.08 Å². The lowest BCUT2D eigenvalue weighted by atomic mass is 9.96. The predicted molar refractivity (Wildman–Crippen MR) is 110 cm³/mol. The number of anilines is 1. The fraction of sp³-hybridized carbons (Fsp3) is 0.294. The number of nitrogens with two attached hydrogens (primary N) is 1. The van der Waals surface area contributed by atoms with Crippen LogP contribution in [0.15, 0.2) is 38.5 Å². The van der Waals surface area contributed by atoms with Gasteiger partial charge in [-0.3, -0.25) is 15.2 Å². The van der Waals surface area contributed by atoms with E-state index in [1.807, 2.05) is 18.8 Å². The summed E-state index contributed by atoms with van der Waals surface area (Å²) in [5, 5.41) is 17.8. The molecule has 5 N–H and O–H groups in total. The average molecular weight is 441 g/mol. The molecule has 12 heteroatoms. The van der Waals surface area contributed by atoms with Gasteiger partial charge in [0.2, 0.25) is 11.7 Å². The van der Waals surface area contributed by atoms with Crippen molar-refractivity contribution < 1.29 is 9.84 Å². The van der Waals surface area contributed by atoms with Crippen LogP contribution in [0.3, 0.4) is 0 Å². The van der Waals surface area contributed by atoms with E-state index in [2.05, 4.69) is 15.6 Å². The molecule has 0 spiro atoms. The highest BCUT2D eigenvalue weighted by Gasteiger charge is 2.22. The van der Waals surface area contributed by atoms with Crippen LogP contribution in [0.1, 0.15) is 20.3 Å². The van der Waals surface area contributed by atoms with Crippen molar-refractivity contribution in [1.82, 2.24) is 20.2 Å². The molecule has 2 aromatic rings. The summed E-state index contributed by atoms with van der Waals surface area (Å²) in [6.45, 7) is 3.96. The number of hydrogen-bond donors (Lipinski definition) is 4. The molecule has 0 amide bonds. The van der Waals surface area contributed by atoms with Crippen LogP contribution in [0.5, 0.6) is 5.75 Å². The molecule has 10 nitrogen and oxygen atoms in total. The molecule has 154 valence electrons. The average Bonchev–Trinajstić information content (AvgIpc) is 2.68. The van der Waals surface area contributed by atoms with Gasteiger partial charge in [0.1, 0.15) is 0 Å². The Hall–Kier alpha value is -2.82. The first-order valence-electron chi connectivity index (χ1n) is 8.60. The van der Waals surface area contributed by atoms with Crippen LogP contribution < -0.4 is 27.1 Å². The summed E-state index contributed by atoms with van der Waals surface area (Å²) in [5.74, 6) is -0.0328. The molecule has 2 atom stereocenters. The maximum Gasteiger partial charge on any atom is 0.349 e. The number of aromatic amines is 1. The zero-order chi connectivity index (χ0) is 21.3. The van der Waals surface area contributed by atoms with E-state index in [1.165, 1.54) is 12.1 Å². The van der Waals surface area contributed by atoms with Crippen LogP contribution >= 0.6 is 23.2 Å². The second kappa shape index (κ2) is 8.27. The molecule has 3 rings (SSSR count). The first-order chi connectivity index (χ1) is 13.7. The van der Waals surface area contributed by atoms with Crippen molar-refractivity contribution in [2.45, 2.75) is 26.5 Å². The third-order valence-corrected chi connectivity index (χ3v) is 4.93. The van der Waals surface area contributed by atoms with Crippen LogP contribution in [0.4, 0.5) is 5.82 Å². The number of halogens is 2. The summed E-state index contributed by atoms with van der Waals surface area (Å²) in [5.41, 5.74) is 7.32. The Kier molecular flexibility index (Phi) is 5.96. The summed E-state index contributed by atoms with van der Waals surface area (Å²) < 4.78 is 6.56. The number of nitrogens with one attached hydrogen (secondary N) is 2. The Bertz CT molecular complexity index is 1100. The molecule has 29 heavy (non-hydrogen) atoms. The molecule has 1 aromatic carbocycles. The number of nitrogens with zero attached hydrogens (tertiary/aromatic N) is 3. The van der Waals surface area contributed by atoms with Crippen LogP contribution in [0.25, 0.3) is 5.69 Å². The van der Waals surface area contributed by atoms with Gasteiger partial charge in [0.25, 0.3) is 5.56 Å². The molecular weight excluding hydrogens is 423 g/mol. The second-order valence-corrected chi connectivity index (χ2v) is 7.15. The first kappa shape index (κ1) is 20.9. The predicted octanol–water partition coefficient (Wildman–Crippen LogP) is 1.40. The SMILES string of the molecule is CC[C@@H](C)C1=CC(Oc2c(Cl)cc(-n3nc(N)c(=O)[nH]c3=O)cc2Cl)=NNC1O. The van der Waals surface area contributed by atoms with Crippen molar-refractivity contribution >= 4 is 34.9 Å². The first-order valence-corrected chi connectivity index (χ1v) is 9.36.